The van der Waals surface area contributed by atoms with Gasteiger partial charge in [0, 0.05) is 19.6 Å². The van der Waals surface area contributed by atoms with E-state index in [1.165, 1.54) is 18.2 Å². The molecule has 0 saturated carbocycles. The van der Waals surface area contributed by atoms with Crippen molar-refractivity contribution in [2.45, 2.75) is 24.3 Å². The number of hydrogen-bond donors (Lipinski definition) is 4. The smallest absolute Gasteiger partial charge is 0.300 e. The molecule has 0 amide bonds. The quantitative estimate of drug-likeness (QED) is 0.182. The largest absolute Gasteiger partial charge is 0.392 e. The number of para-hydroxylation sites is 1. The third-order valence-electron chi connectivity index (χ3n) is 2.86. The van der Waals surface area contributed by atoms with Gasteiger partial charge in [0.15, 0.2) is 0 Å². The first-order valence-corrected chi connectivity index (χ1v) is 9.99. The fraction of sp³-hybridized carbons (Fsp3) is 0.500. The third kappa shape index (κ3) is 5.85. The first-order chi connectivity index (χ1) is 10.4. The van der Waals surface area contributed by atoms with Crippen molar-refractivity contribution in [3.05, 3.63) is 24.3 Å². The van der Waals surface area contributed by atoms with Crippen LogP contribution >= 0.6 is 21.5 Å². The van der Waals surface area contributed by atoms with Crippen molar-refractivity contribution in [3.8, 4) is 0 Å². The second-order valence-corrected chi connectivity index (χ2v) is 7.50. The number of anilines is 1. The van der Waals surface area contributed by atoms with Gasteiger partial charge in [-0.3, -0.25) is 5.21 Å². The van der Waals surface area contributed by atoms with Gasteiger partial charge in [0.2, 0.25) is 10.0 Å². The van der Waals surface area contributed by atoms with Gasteiger partial charge in [-0.25, -0.2) is 16.2 Å². The minimum atomic E-state index is -3.83. The average Bonchev–Trinajstić information content (AvgIpc) is 2.53. The van der Waals surface area contributed by atoms with Crippen LogP contribution in [-0.4, -0.2) is 44.5 Å². The van der Waals surface area contributed by atoms with E-state index in [0.29, 0.717) is 22.8 Å². The Labute approximate surface area is 140 Å². The Morgan fingerprint density at radius 1 is 1.32 bits per heavy atom. The van der Waals surface area contributed by atoms with Crippen LogP contribution in [0.4, 0.5) is 5.69 Å². The molecule has 0 bridgehead atoms. The zero-order valence-electron chi connectivity index (χ0n) is 12.1. The molecule has 1 rings (SSSR count). The molecule has 22 heavy (non-hydrogen) atoms. The molecule has 0 unspecified atom stereocenters. The van der Waals surface area contributed by atoms with Gasteiger partial charge in [0.05, 0.1) is 11.8 Å². The van der Waals surface area contributed by atoms with Crippen LogP contribution in [0.25, 0.3) is 0 Å². The van der Waals surface area contributed by atoms with E-state index in [-0.39, 0.29) is 17.1 Å². The first kappa shape index (κ1) is 19.4. The summed E-state index contributed by atoms with van der Waals surface area (Å²) in [6.45, 7) is 2.73. The average molecular weight is 445 g/mol. The Bertz CT molecular complexity index is 584. The summed E-state index contributed by atoms with van der Waals surface area (Å²) in [5.41, 5.74) is -0.0211. The molecule has 10 heteroatoms. The number of benzene rings is 1. The van der Waals surface area contributed by atoms with E-state index >= 15 is 0 Å². The molecule has 0 fully saturated rings. The van der Waals surface area contributed by atoms with Crippen molar-refractivity contribution in [1.29, 1.82) is 0 Å². The van der Waals surface area contributed by atoms with Gasteiger partial charge < -0.3 is 10.4 Å². The molecular formula is C12H20IN3O5S. The number of rotatable bonds is 10. The molecule has 0 saturated heterocycles. The lowest BCUT2D eigenvalue weighted by Crippen LogP contribution is -2.35. The van der Waals surface area contributed by atoms with Crippen LogP contribution in [0.15, 0.2) is 29.2 Å². The number of sulfonamides is 1. The Balaban J connectivity index is 2.65. The van der Waals surface area contributed by atoms with Crippen LogP contribution < -0.4 is 13.3 Å². The lowest BCUT2D eigenvalue weighted by atomic mass is 10.3. The zero-order valence-corrected chi connectivity index (χ0v) is 15.0. The van der Waals surface area contributed by atoms with Gasteiger partial charge in [-0.2, -0.15) is 3.28 Å². The van der Waals surface area contributed by atoms with Crippen molar-refractivity contribution in [1.82, 2.24) is 10.0 Å². The Kier molecular flexibility index (Phi) is 8.35. The van der Waals surface area contributed by atoms with Gasteiger partial charge in [-0.1, -0.05) is 19.1 Å². The molecule has 8 nitrogen and oxygen atoms in total. The Morgan fingerprint density at radius 2 is 2.00 bits per heavy atom. The first-order valence-electron chi connectivity index (χ1n) is 6.66. The van der Waals surface area contributed by atoms with Crippen LogP contribution in [0.1, 0.15) is 13.3 Å². The van der Waals surface area contributed by atoms with Crippen LogP contribution in [0, 0.1) is 0 Å². The van der Waals surface area contributed by atoms with E-state index < -0.39 is 37.6 Å². The highest BCUT2D eigenvalue weighted by Gasteiger charge is 2.20. The van der Waals surface area contributed by atoms with E-state index in [4.69, 9.17) is 0 Å². The van der Waals surface area contributed by atoms with E-state index in [9.17, 15) is 21.8 Å². The maximum atomic E-state index is 12.2. The highest BCUT2D eigenvalue weighted by Crippen LogP contribution is 2.27. The third-order valence-corrected chi connectivity index (χ3v) is 5.27. The Hall–Kier alpha value is -0.660. The minimum Gasteiger partial charge on any atom is -0.392 e. The summed E-state index contributed by atoms with van der Waals surface area (Å²) in [4.78, 5) is -0.137. The summed E-state index contributed by atoms with van der Waals surface area (Å²) in [6.07, 6.45) is 0.165. The second-order valence-electron chi connectivity index (χ2n) is 4.46. The molecule has 1 atom stereocenters. The van der Waals surface area contributed by atoms with Gasteiger partial charge >= 0.3 is 0 Å². The molecular weight excluding hydrogens is 425 g/mol. The maximum Gasteiger partial charge on any atom is 0.300 e. The molecule has 0 aromatic heterocycles. The molecule has 0 aliphatic heterocycles. The fourth-order valence-electron chi connectivity index (χ4n) is 1.64. The summed E-state index contributed by atoms with van der Waals surface area (Å²) in [6, 6.07) is 5.77. The summed E-state index contributed by atoms with van der Waals surface area (Å²) in [5, 5.41) is 21.8. The summed E-state index contributed by atoms with van der Waals surface area (Å²) >= 11 is -1.92. The van der Waals surface area contributed by atoms with E-state index in [1.54, 1.807) is 6.07 Å². The molecule has 0 heterocycles. The van der Waals surface area contributed by atoms with Crippen LogP contribution in [0.5, 0.6) is 0 Å². The zero-order chi connectivity index (χ0) is 16.6. The minimum absolute atomic E-state index is 0.0211. The number of aliphatic hydroxyl groups is 1. The lowest BCUT2D eigenvalue weighted by Gasteiger charge is -2.14. The number of nitrogens with one attached hydrogen (secondary N) is 2. The molecule has 126 valence electrons. The predicted octanol–water partition coefficient (Wildman–Crippen LogP) is 0.752. The molecule has 1 aromatic rings. The topological polar surface area (TPSA) is 119 Å². The van der Waals surface area contributed by atoms with Crippen molar-refractivity contribution in [2.24, 2.45) is 0 Å². The highest BCUT2D eigenvalue weighted by atomic mass is 127. The summed E-state index contributed by atoms with van der Waals surface area (Å²) < 4.78 is 38.1. The van der Waals surface area contributed by atoms with E-state index in [2.05, 4.69) is 10.0 Å². The van der Waals surface area contributed by atoms with Crippen LogP contribution in [0.2, 0.25) is 0 Å². The number of halogens is 1. The number of hydrogen-bond acceptors (Lipinski definition) is 6. The van der Waals surface area contributed by atoms with E-state index in [0.717, 1.165) is 0 Å². The monoisotopic (exact) mass is 445 g/mol. The molecule has 1 aromatic carbocycles. The maximum absolute atomic E-state index is 12.2. The molecule has 4 N–H and O–H groups in total. The second kappa shape index (κ2) is 9.47. The van der Waals surface area contributed by atoms with Crippen molar-refractivity contribution in [3.63, 3.8) is 0 Å². The van der Waals surface area contributed by atoms with Crippen molar-refractivity contribution >= 4 is 37.2 Å². The van der Waals surface area contributed by atoms with Crippen LogP contribution in [-0.2, 0) is 13.1 Å². The number of nitrogens with zero attached hydrogens (tertiary/aromatic N) is 1. The van der Waals surface area contributed by atoms with Crippen molar-refractivity contribution < 1.29 is 21.8 Å². The van der Waals surface area contributed by atoms with Gasteiger partial charge in [0.25, 0.3) is 21.5 Å². The fourth-order valence-corrected chi connectivity index (χ4v) is 3.65. The van der Waals surface area contributed by atoms with E-state index in [1.807, 2.05) is 6.92 Å². The van der Waals surface area contributed by atoms with Gasteiger partial charge in [0.1, 0.15) is 4.90 Å². The predicted molar refractivity (Wildman–Crippen MR) is 89.8 cm³/mol. The van der Waals surface area contributed by atoms with Gasteiger partial charge in [-0.05, 0) is 18.6 Å². The normalized spacial score (nSPS) is 13.0. The summed E-state index contributed by atoms with van der Waals surface area (Å²) in [5.74, 6) is 0. The molecule has 0 spiro atoms. The highest BCUT2D eigenvalue weighted by molar-refractivity contribution is 14.1. The van der Waals surface area contributed by atoms with Crippen molar-refractivity contribution in [2.75, 3.05) is 22.9 Å². The van der Waals surface area contributed by atoms with Crippen LogP contribution in [0.3, 0.4) is 0 Å². The standard InChI is InChI=1S/C12H20IN3O5S/c1-2-10(17)9-14-7-8-15-22(20,21)12-6-4-3-5-11(12)16(19)13-18/h3-6,10,14-15,17,19H,2,7-9H2,1H3/t10-/m1/s1. The SMILES string of the molecule is CC[C@@H](O)CNCCNS(=O)(=O)c1ccccc1N(O)I=O. The molecule has 0 aliphatic rings. The lowest BCUT2D eigenvalue weighted by molar-refractivity contribution is 0.168. The Morgan fingerprint density at radius 3 is 2.64 bits per heavy atom. The summed E-state index contributed by atoms with van der Waals surface area (Å²) in [7, 11) is -3.83. The molecule has 0 aliphatic carbocycles. The van der Waals surface area contributed by atoms with Gasteiger partial charge in [-0.15, -0.1) is 0 Å². The molecule has 0 radical (unpaired) electrons. The number of aliphatic hydroxyl groups excluding tert-OH is 1.